The monoisotopic (exact) mass is 434 g/mol. The zero-order chi connectivity index (χ0) is 22.3. The smallest absolute Gasteiger partial charge is 0.338 e. The molecule has 0 saturated carbocycles. The van der Waals surface area contributed by atoms with Gasteiger partial charge in [0.25, 0.3) is 0 Å². The fourth-order valence-corrected chi connectivity index (χ4v) is 3.65. The average Bonchev–Trinajstić information content (AvgIpc) is 2.68. The molecule has 0 aliphatic heterocycles. The molecular weight excluding hydrogens is 408 g/mol. The molecule has 2 rings (SSSR count). The molecule has 8 nitrogen and oxygen atoms in total. The van der Waals surface area contributed by atoms with Gasteiger partial charge in [0.2, 0.25) is 15.9 Å². The highest BCUT2D eigenvalue weighted by molar-refractivity contribution is 7.92. The van der Waals surface area contributed by atoms with Crippen LogP contribution in [0.15, 0.2) is 42.5 Å². The maximum atomic E-state index is 12.6. The Kier molecular flexibility index (Phi) is 7.82. The number of benzene rings is 2. The van der Waals surface area contributed by atoms with Gasteiger partial charge in [0.15, 0.2) is 0 Å². The van der Waals surface area contributed by atoms with Crippen LogP contribution in [0.2, 0.25) is 0 Å². The van der Waals surface area contributed by atoms with E-state index in [-0.39, 0.29) is 6.61 Å². The Balaban J connectivity index is 2.21. The number of hydrogen-bond acceptors (Lipinski definition) is 6. The molecule has 9 heteroatoms. The minimum Gasteiger partial charge on any atom is -0.494 e. The summed E-state index contributed by atoms with van der Waals surface area (Å²) in [7, 11) is -3.71. The van der Waals surface area contributed by atoms with Crippen molar-refractivity contribution in [2.24, 2.45) is 0 Å². The topological polar surface area (TPSA) is 102 Å². The first-order valence-corrected chi connectivity index (χ1v) is 11.3. The van der Waals surface area contributed by atoms with E-state index >= 15 is 0 Å². The number of ether oxygens (including phenoxy) is 2. The van der Waals surface area contributed by atoms with Crippen LogP contribution in [0.25, 0.3) is 0 Å². The van der Waals surface area contributed by atoms with E-state index in [1.165, 1.54) is 0 Å². The standard InChI is InChI=1S/C21H26N2O6S/c1-5-28-17-12-10-16(11-13-17)23(30(4,26)27)14-20(24)22-19-9-7-8-18(15(19)3)21(25)29-6-2/h7-13H,5-6,14H2,1-4H3,(H,22,24). The lowest BCUT2D eigenvalue weighted by Crippen LogP contribution is -2.37. The summed E-state index contributed by atoms with van der Waals surface area (Å²) in [6, 6.07) is 11.3. The summed E-state index contributed by atoms with van der Waals surface area (Å²) in [5.41, 5.74) is 1.62. The highest BCUT2D eigenvalue weighted by Gasteiger charge is 2.22. The van der Waals surface area contributed by atoms with E-state index < -0.39 is 28.4 Å². The first-order valence-electron chi connectivity index (χ1n) is 9.44. The second-order valence-corrected chi connectivity index (χ2v) is 8.35. The van der Waals surface area contributed by atoms with Crippen molar-refractivity contribution >= 4 is 33.3 Å². The van der Waals surface area contributed by atoms with Crippen molar-refractivity contribution in [1.82, 2.24) is 0 Å². The van der Waals surface area contributed by atoms with E-state index in [9.17, 15) is 18.0 Å². The normalized spacial score (nSPS) is 10.9. The van der Waals surface area contributed by atoms with Crippen LogP contribution in [-0.2, 0) is 19.6 Å². The van der Waals surface area contributed by atoms with Crippen molar-refractivity contribution in [1.29, 1.82) is 0 Å². The van der Waals surface area contributed by atoms with Crippen molar-refractivity contribution in [2.45, 2.75) is 20.8 Å². The minimum atomic E-state index is -3.71. The molecule has 2 aromatic carbocycles. The maximum absolute atomic E-state index is 12.6. The number of carbonyl (C=O) groups is 2. The number of hydrogen-bond donors (Lipinski definition) is 1. The van der Waals surface area contributed by atoms with E-state index in [1.54, 1.807) is 56.3 Å². The third-order valence-electron chi connectivity index (χ3n) is 4.23. The second kappa shape index (κ2) is 10.1. The van der Waals surface area contributed by atoms with Gasteiger partial charge in [-0.15, -0.1) is 0 Å². The number of amides is 1. The fraction of sp³-hybridized carbons (Fsp3) is 0.333. The number of esters is 1. The summed E-state index contributed by atoms with van der Waals surface area (Å²) in [6.07, 6.45) is 1.03. The van der Waals surface area contributed by atoms with Crippen molar-refractivity contribution in [2.75, 3.05) is 35.6 Å². The fourth-order valence-electron chi connectivity index (χ4n) is 2.80. The number of nitrogens with one attached hydrogen (secondary N) is 1. The molecule has 0 aromatic heterocycles. The molecular formula is C21H26N2O6S. The van der Waals surface area contributed by atoms with Crippen molar-refractivity contribution in [3.05, 3.63) is 53.6 Å². The Bertz CT molecular complexity index is 1000. The minimum absolute atomic E-state index is 0.236. The molecule has 0 aliphatic carbocycles. The van der Waals surface area contributed by atoms with Crippen molar-refractivity contribution in [3.8, 4) is 5.75 Å². The van der Waals surface area contributed by atoms with E-state index in [2.05, 4.69) is 5.32 Å². The van der Waals surface area contributed by atoms with E-state index in [4.69, 9.17) is 9.47 Å². The maximum Gasteiger partial charge on any atom is 0.338 e. The van der Waals surface area contributed by atoms with Crippen LogP contribution in [0.4, 0.5) is 11.4 Å². The van der Waals surface area contributed by atoms with Gasteiger partial charge in [-0.2, -0.15) is 0 Å². The summed E-state index contributed by atoms with van der Waals surface area (Å²) in [5.74, 6) is -0.428. The molecule has 30 heavy (non-hydrogen) atoms. The summed E-state index contributed by atoms with van der Waals surface area (Å²) in [5, 5.41) is 2.67. The second-order valence-electron chi connectivity index (χ2n) is 6.44. The van der Waals surface area contributed by atoms with E-state index in [0.717, 1.165) is 10.6 Å². The van der Waals surface area contributed by atoms with Crippen LogP contribution in [-0.4, -0.2) is 46.3 Å². The number of sulfonamides is 1. The lowest BCUT2D eigenvalue weighted by Gasteiger charge is -2.22. The molecule has 0 saturated heterocycles. The molecule has 0 atom stereocenters. The molecule has 0 fully saturated rings. The van der Waals surface area contributed by atoms with Gasteiger partial charge in [0, 0.05) is 5.69 Å². The van der Waals surface area contributed by atoms with E-state index in [1.807, 2.05) is 6.92 Å². The van der Waals surface area contributed by atoms with Crippen LogP contribution in [0.5, 0.6) is 5.75 Å². The highest BCUT2D eigenvalue weighted by atomic mass is 32.2. The summed E-state index contributed by atoms with van der Waals surface area (Å²) < 4.78 is 35.9. The molecule has 1 N–H and O–H groups in total. The van der Waals surface area contributed by atoms with Crippen LogP contribution in [0.3, 0.4) is 0 Å². The van der Waals surface area contributed by atoms with Crippen LogP contribution >= 0.6 is 0 Å². The molecule has 0 spiro atoms. The van der Waals surface area contributed by atoms with Crippen molar-refractivity contribution in [3.63, 3.8) is 0 Å². The predicted molar refractivity (Wildman–Crippen MR) is 116 cm³/mol. The highest BCUT2D eigenvalue weighted by Crippen LogP contribution is 2.23. The van der Waals surface area contributed by atoms with Crippen LogP contribution in [0.1, 0.15) is 29.8 Å². The largest absolute Gasteiger partial charge is 0.494 e. The van der Waals surface area contributed by atoms with Crippen LogP contribution in [0, 0.1) is 6.92 Å². The SMILES string of the molecule is CCOC(=O)c1cccc(NC(=O)CN(c2ccc(OCC)cc2)S(C)(=O)=O)c1C. The third kappa shape index (κ3) is 5.96. The van der Waals surface area contributed by atoms with Gasteiger partial charge in [0.05, 0.1) is 30.7 Å². The Morgan fingerprint density at radius 2 is 1.70 bits per heavy atom. The first-order chi connectivity index (χ1) is 14.2. The first kappa shape index (κ1) is 23.2. The molecule has 0 unspecified atom stereocenters. The van der Waals surface area contributed by atoms with Gasteiger partial charge in [-0.25, -0.2) is 13.2 Å². The van der Waals surface area contributed by atoms with E-state index in [0.29, 0.717) is 34.9 Å². The lowest BCUT2D eigenvalue weighted by atomic mass is 10.1. The lowest BCUT2D eigenvalue weighted by molar-refractivity contribution is -0.114. The molecule has 2 aromatic rings. The van der Waals surface area contributed by atoms with Gasteiger partial charge in [-0.1, -0.05) is 6.07 Å². The molecule has 0 aliphatic rings. The van der Waals surface area contributed by atoms with Gasteiger partial charge in [-0.3, -0.25) is 9.10 Å². The molecule has 0 bridgehead atoms. The predicted octanol–water partition coefficient (Wildman–Crippen LogP) is 2.98. The van der Waals surface area contributed by atoms with Crippen LogP contribution < -0.4 is 14.4 Å². The summed E-state index contributed by atoms with van der Waals surface area (Å²) in [4.78, 5) is 24.7. The third-order valence-corrected chi connectivity index (χ3v) is 5.37. The summed E-state index contributed by atoms with van der Waals surface area (Å²) in [6.45, 7) is 5.54. The molecule has 162 valence electrons. The van der Waals surface area contributed by atoms with Gasteiger partial charge in [-0.05, 0) is 62.7 Å². The average molecular weight is 435 g/mol. The number of rotatable bonds is 9. The van der Waals surface area contributed by atoms with Gasteiger partial charge >= 0.3 is 5.97 Å². The zero-order valence-electron chi connectivity index (χ0n) is 17.5. The summed E-state index contributed by atoms with van der Waals surface area (Å²) >= 11 is 0. The van der Waals surface area contributed by atoms with Gasteiger partial charge in [0.1, 0.15) is 12.3 Å². The Morgan fingerprint density at radius 1 is 1.03 bits per heavy atom. The Hall–Kier alpha value is -3.07. The van der Waals surface area contributed by atoms with Crippen molar-refractivity contribution < 1.29 is 27.5 Å². The van der Waals surface area contributed by atoms with Gasteiger partial charge < -0.3 is 14.8 Å². The molecule has 0 radical (unpaired) electrons. The Morgan fingerprint density at radius 3 is 2.27 bits per heavy atom. The molecule has 0 heterocycles. The quantitative estimate of drug-likeness (QED) is 0.609. The number of anilines is 2. The number of carbonyl (C=O) groups excluding carboxylic acids is 2. The molecule has 1 amide bonds. The zero-order valence-corrected chi connectivity index (χ0v) is 18.3. The number of nitrogens with zero attached hydrogens (tertiary/aromatic N) is 1. The Labute approximate surface area is 176 Å².